The maximum Gasteiger partial charge on any atom is 0.344 e. The molecule has 11 heteroatoms. The molecule has 1 fully saturated rings. The minimum absolute atomic E-state index is 0.101. The van der Waals surface area contributed by atoms with E-state index in [9.17, 15) is 14.4 Å². The fourth-order valence-electron chi connectivity index (χ4n) is 4.01. The molecule has 0 spiro atoms. The number of aromatic nitrogens is 4. The fourth-order valence-corrected chi connectivity index (χ4v) is 4.68. The van der Waals surface area contributed by atoms with Crippen molar-refractivity contribution in [2.24, 2.45) is 0 Å². The van der Waals surface area contributed by atoms with Crippen LogP contribution in [0.25, 0.3) is 0 Å². The maximum absolute atomic E-state index is 13.6. The summed E-state index contributed by atoms with van der Waals surface area (Å²) in [7, 11) is 0. The van der Waals surface area contributed by atoms with Gasteiger partial charge in [-0.25, -0.2) is 9.48 Å². The SMILES string of the molecule is O=C(CSc1nnnn1Cc1ccccc1)NN1C(=O)NC(c2ccccc2)(c2ccccc2)C1=O. The van der Waals surface area contributed by atoms with Crippen molar-refractivity contribution >= 4 is 29.6 Å². The van der Waals surface area contributed by atoms with Crippen molar-refractivity contribution < 1.29 is 14.4 Å². The third-order valence-electron chi connectivity index (χ3n) is 5.68. The number of thioether (sulfide) groups is 1. The molecule has 1 aliphatic heterocycles. The molecule has 0 bridgehead atoms. The molecule has 5 rings (SSSR count). The highest BCUT2D eigenvalue weighted by molar-refractivity contribution is 7.99. The first-order chi connectivity index (χ1) is 17.6. The molecule has 0 aliphatic carbocycles. The first kappa shape index (κ1) is 23.2. The number of nitrogens with zero attached hydrogens (tertiary/aromatic N) is 5. The number of nitrogens with one attached hydrogen (secondary N) is 2. The van der Waals surface area contributed by atoms with Crippen molar-refractivity contribution in [3.8, 4) is 0 Å². The number of urea groups is 1. The van der Waals surface area contributed by atoms with Crippen LogP contribution in [0.3, 0.4) is 0 Å². The van der Waals surface area contributed by atoms with Crippen molar-refractivity contribution in [1.82, 2.24) is 36.0 Å². The highest BCUT2D eigenvalue weighted by Gasteiger charge is 2.54. The summed E-state index contributed by atoms with van der Waals surface area (Å²) in [6.07, 6.45) is 0. The Morgan fingerprint density at radius 2 is 1.47 bits per heavy atom. The number of hydrogen-bond donors (Lipinski definition) is 2. The molecular formula is C25H21N7O3S. The summed E-state index contributed by atoms with van der Waals surface area (Å²) in [6, 6.07) is 26.8. The van der Waals surface area contributed by atoms with E-state index in [1.807, 2.05) is 42.5 Å². The summed E-state index contributed by atoms with van der Waals surface area (Å²) in [6.45, 7) is 0.446. The monoisotopic (exact) mass is 499 g/mol. The molecule has 1 aromatic heterocycles. The van der Waals surface area contributed by atoms with E-state index in [-0.39, 0.29) is 5.75 Å². The van der Waals surface area contributed by atoms with Crippen molar-refractivity contribution in [1.29, 1.82) is 0 Å². The number of carbonyl (C=O) groups excluding carboxylic acids is 3. The van der Waals surface area contributed by atoms with E-state index in [4.69, 9.17) is 0 Å². The second-order valence-electron chi connectivity index (χ2n) is 7.98. The van der Waals surface area contributed by atoms with Crippen molar-refractivity contribution in [2.45, 2.75) is 17.2 Å². The van der Waals surface area contributed by atoms with Crippen molar-refractivity contribution in [3.05, 3.63) is 108 Å². The van der Waals surface area contributed by atoms with Gasteiger partial charge in [-0.1, -0.05) is 103 Å². The molecule has 1 saturated heterocycles. The third kappa shape index (κ3) is 4.43. The van der Waals surface area contributed by atoms with Gasteiger partial charge in [-0.3, -0.25) is 15.0 Å². The van der Waals surface area contributed by atoms with Crippen LogP contribution in [0.1, 0.15) is 16.7 Å². The van der Waals surface area contributed by atoms with Gasteiger partial charge in [0.25, 0.3) is 5.91 Å². The van der Waals surface area contributed by atoms with Crippen LogP contribution in [0.5, 0.6) is 0 Å². The highest BCUT2D eigenvalue weighted by atomic mass is 32.2. The Bertz CT molecular complexity index is 1340. The largest absolute Gasteiger partial charge is 0.344 e. The number of rotatable bonds is 8. The Morgan fingerprint density at radius 3 is 2.08 bits per heavy atom. The minimum Gasteiger partial charge on any atom is -0.314 e. The summed E-state index contributed by atoms with van der Waals surface area (Å²) in [5.41, 5.74) is 3.16. The number of hydrazine groups is 1. The van der Waals surface area contributed by atoms with Gasteiger partial charge in [-0.2, -0.15) is 5.01 Å². The van der Waals surface area contributed by atoms with Gasteiger partial charge in [0, 0.05) is 0 Å². The molecule has 1 aliphatic rings. The van der Waals surface area contributed by atoms with Gasteiger partial charge in [0.1, 0.15) is 0 Å². The van der Waals surface area contributed by atoms with E-state index < -0.39 is 23.4 Å². The molecule has 4 aromatic rings. The van der Waals surface area contributed by atoms with Crippen LogP contribution < -0.4 is 10.7 Å². The third-order valence-corrected chi connectivity index (χ3v) is 6.64. The van der Waals surface area contributed by atoms with E-state index in [2.05, 4.69) is 26.3 Å². The molecule has 2 heterocycles. The summed E-state index contributed by atoms with van der Waals surface area (Å²) in [4.78, 5) is 39.3. The molecule has 0 saturated carbocycles. The average Bonchev–Trinajstić information content (AvgIpc) is 3.46. The van der Waals surface area contributed by atoms with E-state index in [1.54, 1.807) is 53.2 Å². The van der Waals surface area contributed by atoms with Gasteiger partial charge in [-0.05, 0) is 27.1 Å². The summed E-state index contributed by atoms with van der Waals surface area (Å²) < 4.78 is 1.58. The van der Waals surface area contributed by atoms with Gasteiger partial charge in [0.05, 0.1) is 12.3 Å². The molecule has 180 valence electrons. The highest BCUT2D eigenvalue weighted by Crippen LogP contribution is 2.35. The summed E-state index contributed by atoms with van der Waals surface area (Å²) in [5, 5.41) is 15.6. The quantitative estimate of drug-likeness (QED) is 0.282. The maximum atomic E-state index is 13.6. The lowest BCUT2D eigenvalue weighted by Crippen LogP contribution is -2.49. The van der Waals surface area contributed by atoms with E-state index in [0.29, 0.717) is 22.8 Å². The minimum atomic E-state index is -1.46. The van der Waals surface area contributed by atoms with Gasteiger partial charge in [0.15, 0.2) is 5.54 Å². The Morgan fingerprint density at radius 1 is 0.889 bits per heavy atom. The van der Waals surface area contributed by atoms with Gasteiger partial charge < -0.3 is 5.32 Å². The average molecular weight is 500 g/mol. The Hall–Kier alpha value is -4.51. The summed E-state index contributed by atoms with van der Waals surface area (Å²) in [5.74, 6) is -1.25. The molecular weight excluding hydrogens is 478 g/mol. The molecule has 0 radical (unpaired) electrons. The van der Waals surface area contributed by atoms with E-state index >= 15 is 0 Å². The second-order valence-corrected chi connectivity index (χ2v) is 8.92. The zero-order valence-corrected chi connectivity index (χ0v) is 19.8. The Balaban J connectivity index is 1.31. The normalized spacial score (nSPS) is 14.5. The molecule has 36 heavy (non-hydrogen) atoms. The lowest BCUT2D eigenvalue weighted by atomic mass is 9.83. The van der Waals surface area contributed by atoms with Crippen molar-refractivity contribution in [3.63, 3.8) is 0 Å². The van der Waals surface area contributed by atoms with E-state index in [1.165, 1.54) is 0 Å². The molecule has 0 unspecified atom stereocenters. The first-order valence-corrected chi connectivity index (χ1v) is 12.1. The van der Waals surface area contributed by atoms with E-state index in [0.717, 1.165) is 22.3 Å². The van der Waals surface area contributed by atoms with Crippen LogP contribution in [-0.4, -0.2) is 48.8 Å². The lowest BCUT2D eigenvalue weighted by Gasteiger charge is -2.27. The van der Waals surface area contributed by atoms with Crippen molar-refractivity contribution in [2.75, 3.05) is 5.75 Å². The Kier molecular flexibility index (Phi) is 6.46. The second kappa shape index (κ2) is 10.0. The van der Waals surface area contributed by atoms with Crippen LogP contribution >= 0.6 is 11.8 Å². The van der Waals surface area contributed by atoms with Crippen LogP contribution in [0.2, 0.25) is 0 Å². The Labute approximate surface area is 210 Å². The van der Waals surface area contributed by atoms with Crippen LogP contribution in [0.4, 0.5) is 4.79 Å². The molecule has 2 N–H and O–H groups in total. The van der Waals surface area contributed by atoms with Crippen LogP contribution in [0.15, 0.2) is 96.2 Å². The number of benzene rings is 3. The van der Waals surface area contributed by atoms with Gasteiger partial charge in [0.2, 0.25) is 11.1 Å². The molecule has 4 amide bonds. The fraction of sp³-hybridized carbons (Fsp3) is 0.120. The summed E-state index contributed by atoms with van der Waals surface area (Å²) >= 11 is 1.10. The topological polar surface area (TPSA) is 122 Å². The smallest absolute Gasteiger partial charge is 0.314 e. The lowest BCUT2D eigenvalue weighted by molar-refractivity contribution is -0.137. The zero-order valence-electron chi connectivity index (χ0n) is 18.9. The van der Waals surface area contributed by atoms with Gasteiger partial charge >= 0.3 is 6.03 Å². The number of hydrogen-bond acceptors (Lipinski definition) is 7. The predicted molar refractivity (Wildman–Crippen MR) is 131 cm³/mol. The zero-order chi connectivity index (χ0) is 25.0. The number of amides is 4. The standard InChI is InChI=1S/C25H21N7O3S/c33-21(17-36-24-27-29-30-31(24)16-18-10-4-1-5-11-18)28-32-22(34)25(26-23(32)35,19-12-6-2-7-13-19)20-14-8-3-9-15-20/h1-15H,16-17H2,(H,26,35)(H,28,33). The van der Waals surface area contributed by atoms with Crippen LogP contribution in [-0.2, 0) is 21.7 Å². The number of carbonyl (C=O) groups is 3. The molecule has 3 aromatic carbocycles. The van der Waals surface area contributed by atoms with Crippen LogP contribution in [0, 0.1) is 0 Å². The first-order valence-electron chi connectivity index (χ1n) is 11.1. The number of imide groups is 1. The van der Waals surface area contributed by atoms with Gasteiger partial charge in [-0.15, -0.1) is 5.10 Å². The predicted octanol–water partition coefficient (Wildman–Crippen LogP) is 2.34. The molecule has 10 nitrogen and oxygen atoms in total. The number of tetrazole rings is 1. The molecule has 0 atom stereocenters.